The summed E-state index contributed by atoms with van der Waals surface area (Å²) < 4.78 is 5.46. The van der Waals surface area contributed by atoms with Gasteiger partial charge in [-0.2, -0.15) is 0 Å². The Balaban J connectivity index is 2.16. The van der Waals surface area contributed by atoms with Gasteiger partial charge in [0.2, 0.25) is 5.90 Å². The van der Waals surface area contributed by atoms with Crippen molar-refractivity contribution in [1.29, 1.82) is 0 Å². The smallest absolute Gasteiger partial charge is 0.277 e. The summed E-state index contributed by atoms with van der Waals surface area (Å²) in [6.45, 7) is 4.05. The van der Waals surface area contributed by atoms with E-state index in [0.717, 1.165) is 31.7 Å². The van der Waals surface area contributed by atoms with Crippen molar-refractivity contribution < 1.29 is 14.6 Å². The molecule has 0 spiro atoms. The highest BCUT2D eigenvalue weighted by molar-refractivity contribution is 5.96. The third kappa shape index (κ3) is 4.35. The molecule has 1 aromatic carbocycles. The summed E-state index contributed by atoms with van der Waals surface area (Å²) in [5.74, 6) is 0.227. The molecular formula is C15H17N3O5. The zero-order chi connectivity index (χ0) is 16.8. The summed E-state index contributed by atoms with van der Waals surface area (Å²) in [5.41, 5.74) is -0.440. The number of rotatable bonds is 8. The van der Waals surface area contributed by atoms with Crippen LogP contribution in [0.3, 0.4) is 0 Å². The van der Waals surface area contributed by atoms with E-state index in [0.29, 0.717) is 6.61 Å². The highest BCUT2D eigenvalue weighted by Crippen LogP contribution is 2.25. The summed E-state index contributed by atoms with van der Waals surface area (Å²) in [6, 6.07) is 3.39. The molecule has 0 saturated heterocycles. The topological polar surface area (TPSA) is 108 Å². The zero-order valence-corrected chi connectivity index (χ0v) is 12.5. The van der Waals surface area contributed by atoms with Gasteiger partial charge in [0.05, 0.1) is 22.0 Å². The van der Waals surface area contributed by atoms with E-state index < -0.39 is 9.85 Å². The van der Waals surface area contributed by atoms with E-state index in [1.54, 1.807) is 0 Å². The van der Waals surface area contributed by atoms with Gasteiger partial charge in [0.25, 0.3) is 11.4 Å². The fourth-order valence-corrected chi connectivity index (χ4v) is 2.32. The van der Waals surface area contributed by atoms with Crippen molar-refractivity contribution in [2.24, 2.45) is 4.99 Å². The number of nitro groups is 2. The van der Waals surface area contributed by atoms with Crippen molar-refractivity contribution in [3.05, 3.63) is 56.6 Å². The number of non-ortho nitro benzene ring substituents is 2. The van der Waals surface area contributed by atoms with E-state index in [1.807, 2.05) is 6.08 Å². The van der Waals surface area contributed by atoms with Gasteiger partial charge in [0.15, 0.2) is 0 Å². The number of unbranched alkanes of at least 4 members (excludes halogenated alkanes) is 2. The Hall–Kier alpha value is -2.77. The molecule has 0 saturated carbocycles. The van der Waals surface area contributed by atoms with E-state index >= 15 is 0 Å². The first-order chi connectivity index (χ1) is 11.0. The number of benzene rings is 1. The molecule has 122 valence electrons. The molecule has 0 fully saturated rings. The molecule has 0 aromatic heterocycles. The minimum Gasteiger partial charge on any atom is -0.475 e. The molecule has 0 N–H and O–H groups in total. The molecule has 1 aliphatic heterocycles. The average molecular weight is 319 g/mol. The fourth-order valence-electron chi connectivity index (χ4n) is 2.32. The van der Waals surface area contributed by atoms with Crippen LogP contribution in [-0.2, 0) is 4.74 Å². The number of hydrogen-bond acceptors (Lipinski definition) is 6. The van der Waals surface area contributed by atoms with Crippen molar-refractivity contribution >= 4 is 17.3 Å². The highest BCUT2D eigenvalue weighted by Gasteiger charge is 2.24. The summed E-state index contributed by atoms with van der Waals surface area (Å²) >= 11 is 0. The van der Waals surface area contributed by atoms with Gasteiger partial charge in [0, 0.05) is 17.7 Å². The summed E-state index contributed by atoms with van der Waals surface area (Å²) in [4.78, 5) is 24.9. The predicted octanol–water partition coefficient (Wildman–Crippen LogP) is 3.39. The van der Waals surface area contributed by atoms with Crippen LogP contribution in [0.4, 0.5) is 11.4 Å². The Morgan fingerprint density at radius 2 is 1.87 bits per heavy atom. The number of nitro benzene ring substituents is 2. The van der Waals surface area contributed by atoms with Crippen LogP contribution < -0.4 is 0 Å². The maximum Gasteiger partial charge on any atom is 0.277 e. The molecule has 8 nitrogen and oxygen atoms in total. The monoisotopic (exact) mass is 319 g/mol. The lowest BCUT2D eigenvalue weighted by Crippen LogP contribution is -2.06. The first-order valence-corrected chi connectivity index (χ1v) is 7.27. The largest absolute Gasteiger partial charge is 0.475 e. The number of nitrogens with zero attached hydrogens (tertiary/aromatic N) is 3. The van der Waals surface area contributed by atoms with Gasteiger partial charge in [-0.15, -0.1) is 6.58 Å². The molecule has 0 bridgehead atoms. The van der Waals surface area contributed by atoms with Crippen LogP contribution in [0.15, 0.2) is 35.8 Å². The van der Waals surface area contributed by atoms with Crippen LogP contribution in [0.1, 0.15) is 31.2 Å². The third-order valence-electron chi connectivity index (χ3n) is 3.48. The van der Waals surface area contributed by atoms with Gasteiger partial charge in [-0.25, -0.2) is 4.99 Å². The number of ether oxygens (including phenoxy) is 1. The SMILES string of the molecule is C=CCCCCC1COC(c2cc([N+](=O)[O-])cc([N+](=O)[O-])c2)=N1. The van der Waals surface area contributed by atoms with Crippen molar-refractivity contribution in [3.8, 4) is 0 Å². The Labute approximate surface area is 132 Å². The van der Waals surface area contributed by atoms with Crippen molar-refractivity contribution in [2.45, 2.75) is 31.7 Å². The first kappa shape index (κ1) is 16.6. The van der Waals surface area contributed by atoms with Gasteiger partial charge in [-0.05, 0) is 19.3 Å². The van der Waals surface area contributed by atoms with Crippen LogP contribution in [0.2, 0.25) is 0 Å². The molecule has 2 rings (SSSR count). The second-order valence-electron chi connectivity index (χ2n) is 5.22. The van der Waals surface area contributed by atoms with Gasteiger partial charge in [-0.1, -0.05) is 12.5 Å². The second-order valence-corrected chi connectivity index (χ2v) is 5.22. The molecule has 1 aromatic rings. The van der Waals surface area contributed by atoms with E-state index in [4.69, 9.17) is 4.74 Å². The highest BCUT2D eigenvalue weighted by atomic mass is 16.6. The normalized spacial score (nSPS) is 16.5. The molecule has 1 atom stereocenters. The number of hydrogen-bond donors (Lipinski definition) is 0. The summed E-state index contributed by atoms with van der Waals surface area (Å²) in [7, 11) is 0. The number of aliphatic imine (C=N–C) groups is 1. The Morgan fingerprint density at radius 3 is 2.43 bits per heavy atom. The maximum atomic E-state index is 10.9. The zero-order valence-electron chi connectivity index (χ0n) is 12.5. The number of allylic oxidation sites excluding steroid dienone is 1. The average Bonchev–Trinajstić information content (AvgIpc) is 3.00. The molecule has 1 heterocycles. The lowest BCUT2D eigenvalue weighted by molar-refractivity contribution is -0.394. The molecule has 0 radical (unpaired) electrons. The molecule has 0 aliphatic carbocycles. The lowest BCUT2D eigenvalue weighted by atomic mass is 10.1. The van der Waals surface area contributed by atoms with Crippen molar-refractivity contribution in [2.75, 3.05) is 6.61 Å². The van der Waals surface area contributed by atoms with E-state index in [-0.39, 0.29) is 28.9 Å². The van der Waals surface area contributed by atoms with Gasteiger partial charge < -0.3 is 4.74 Å². The van der Waals surface area contributed by atoms with E-state index in [1.165, 1.54) is 12.1 Å². The van der Waals surface area contributed by atoms with Crippen LogP contribution >= 0.6 is 0 Å². The van der Waals surface area contributed by atoms with E-state index in [9.17, 15) is 20.2 Å². The van der Waals surface area contributed by atoms with Crippen LogP contribution in [-0.4, -0.2) is 28.4 Å². The van der Waals surface area contributed by atoms with Gasteiger partial charge >= 0.3 is 0 Å². The summed E-state index contributed by atoms with van der Waals surface area (Å²) in [5, 5.41) is 21.8. The first-order valence-electron chi connectivity index (χ1n) is 7.27. The maximum absolute atomic E-state index is 10.9. The van der Waals surface area contributed by atoms with Crippen molar-refractivity contribution in [1.82, 2.24) is 0 Å². The Kier molecular flexibility index (Phi) is 5.40. The standard InChI is InChI=1S/C15H17N3O5/c1-2-3-4-5-6-12-10-23-15(16-12)11-7-13(17(19)20)9-14(8-11)18(21)22/h2,7-9,12H,1,3-6,10H2. The minimum atomic E-state index is -0.668. The molecule has 1 unspecified atom stereocenters. The second kappa shape index (κ2) is 7.48. The molecule has 8 heteroatoms. The third-order valence-corrected chi connectivity index (χ3v) is 3.48. The van der Waals surface area contributed by atoms with E-state index in [2.05, 4.69) is 11.6 Å². The Morgan fingerprint density at radius 1 is 1.22 bits per heavy atom. The predicted molar refractivity (Wildman–Crippen MR) is 84.7 cm³/mol. The molecule has 1 aliphatic rings. The molecule has 0 amide bonds. The van der Waals surface area contributed by atoms with Crippen molar-refractivity contribution in [3.63, 3.8) is 0 Å². The Bertz CT molecular complexity index is 624. The minimum absolute atomic E-state index is 0.0202. The molecule has 23 heavy (non-hydrogen) atoms. The fraction of sp³-hybridized carbons (Fsp3) is 0.400. The van der Waals surface area contributed by atoms with Gasteiger partial charge in [0.1, 0.15) is 6.61 Å². The molecular weight excluding hydrogens is 302 g/mol. The summed E-state index contributed by atoms with van der Waals surface area (Å²) in [6.07, 6.45) is 5.65. The quantitative estimate of drug-likeness (QED) is 0.316. The van der Waals surface area contributed by atoms with Crippen LogP contribution in [0.25, 0.3) is 0 Å². The van der Waals surface area contributed by atoms with Gasteiger partial charge in [-0.3, -0.25) is 20.2 Å². The van der Waals surface area contributed by atoms with Crippen LogP contribution in [0, 0.1) is 20.2 Å². The van der Waals surface area contributed by atoms with Crippen LogP contribution in [0.5, 0.6) is 0 Å². The lowest BCUT2D eigenvalue weighted by Gasteiger charge is -2.03.